The molecule has 0 amide bonds. The Morgan fingerprint density at radius 1 is 1.24 bits per heavy atom. The first-order valence-corrected chi connectivity index (χ1v) is 9.77. The molecule has 5 nitrogen and oxygen atoms in total. The van der Waals surface area contributed by atoms with E-state index in [4.69, 9.17) is 0 Å². The van der Waals surface area contributed by atoms with Crippen LogP contribution >= 0.6 is 24.0 Å². The summed E-state index contributed by atoms with van der Waals surface area (Å²) in [6, 6.07) is 0. The number of guanidine groups is 1. The SMILES string of the molecule is CCNC(=NCCCc1cnn(C)c1)NCCCCC1CCCC1.I. The van der Waals surface area contributed by atoms with Crippen molar-refractivity contribution in [1.82, 2.24) is 20.4 Å². The molecule has 0 unspecified atom stereocenters. The Balaban J connectivity index is 0.00000312. The fraction of sp³-hybridized carbons (Fsp3) is 0.789. The Morgan fingerprint density at radius 3 is 2.72 bits per heavy atom. The molecule has 1 aliphatic carbocycles. The summed E-state index contributed by atoms with van der Waals surface area (Å²) in [5, 5.41) is 11.0. The lowest BCUT2D eigenvalue weighted by atomic mass is 10.0. The highest BCUT2D eigenvalue weighted by molar-refractivity contribution is 14.0. The smallest absolute Gasteiger partial charge is 0.191 e. The van der Waals surface area contributed by atoms with Crippen LogP contribution in [0.25, 0.3) is 0 Å². The molecule has 1 saturated carbocycles. The quantitative estimate of drug-likeness (QED) is 0.241. The van der Waals surface area contributed by atoms with Crippen LogP contribution in [0.4, 0.5) is 0 Å². The predicted molar refractivity (Wildman–Crippen MR) is 117 cm³/mol. The van der Waals surface area contributed by atoms with Gasteiger partial charge in [0.2, 0.25) is 0 Å². The van der Waals surface area contributed by atoms with Gasteiger partial charge in [-0.05, 0) is 37.7 Å². The largest absolute Gasteiger partial charge is 0.357 e. The minimum Gasteiger partial charge on any atom is -0.357 e. The van der Waals surface area contributed by atoms with E-state index in [0.29, 0.717) is 0 Å². The summed E-state index contributed by atoms with van der Waals surface area (Å²) in [7, 11) is 1.96. The van der Waals surface area contributed by atoms with Gasteiger partial charge in [0, 0.05) is 32.9 Å². The molecule has 2 N–H and O–H groups in total. The topological polar surface area (TPSA) is 54.2 Å². The van der Waals surface area contributed by atoms with E-state index in [9.17, 15) is 0 Å². The Labute approximate surface area is 170 Å². The zero-order chi connectivity index (χ0) is 17.0. The standard InChI is InChI=1S/C19H35N5.HI/c1-3-20-19(21-13-7-6-11-17-9-4-5-10-17)22-14-8-12-18-15-23-24(2)16-18;/h15-17H,3-14H2,1-2H3,(H2,20,21,22);1H. The zero-order valence-electron chi connectivity index (χ0n) is 16.0. The molecule has 0 aromatic carbocycles. The molecule has 0 bridgehead atoms. The zero-order valence-corrected chi connectivity index (χ0v) is 18.3. The van der Waals surface area contributed by atoms with Crippen molar-refractivity contribution in [1.29, 1.82) is 0 Å². The van der Waals surface area contributed by atoms with Crippen molar-refractivity contribution in [2.75, 3.05) is 19.6 Å². The van der Waals surface area contributed by atoms with E-state index in [2.05, 4.69) is 33.8 Å². The number of rotatable bonds is 10. The Bertz CT molecular complexity index is 480. The molecule has 25 heavy (non-hydrogen) atoms. The molecule has 2 rings (SSSR count). The van der Waals surface area contributed by atoms with Crippen LogP contribution < -0.4 is 10.6 Å². The maximum atomic E-state index is 4.68. The number of hydrogen-bond acceptors (Lipinski definition) is 2. The van der Waals surface area contributed by atoms with Gasteiger partial charge in [0.15, 0.2) is 5.96 Å². The van der Waals surface area contributed by atoms with E-state index in [0.717, 1.165) is 44.4 Å². The molecule has 0 atom stereocenters. The number of aryl methyl sites for hydroxylation is 2. The molecule has 0 radical (unpaired) electrons. The molecule has 1 aromatic heterocycles. The molecule has 1 fully saturated rings. The molecular formula is C19H36IN5. The van der Waals surface area contributed by atoms with E-state index >= 15 is 0 Å². The van der Waals surface area contributed by atoms with Gasteiger partial charge < -0.3 is 10.6 Å². The van der Waals surface area contributed by atoms with Crippen molar-refractivity contribution in [3.63, 3.8) is 0 Å². The average Bonchev–Trinajstić information content (AvgIpc) is 3.22. The summed E-state index contributed by atoms with van der Waals surface area (Å²) >= 11 is 0. The second kappa shape index (κ2) is 13.4. The first-order chi connectivity index (χ1) is 11.8. The molecule has 0 saturated heterocycles. The van der Waals surface area contributed by atoms with Gasteiger partial charge >= 0.3 is 0 Å². The Morgan fingerprint density at radius 2 is 2.04 bits per heavy atom. The summed E-state index contributed by atoms with van der Waals surface area (Å²) in [4.78, 5) is 4.68. The maximum absolute atomic E-state index is 4.68. The van der Waals surface area contributed by atoms with Crippen LogP contribution in [0.15, 0.2) is 17.4 Å². The number of unbranched alkanes of at least 4 members (excludes halogenated alkanes) is 1. The monoisotopic (exact) mass is 461 g/mol. The molecular weight excluding hydrogens is 425 g/mol. The Kier molecular flexibility index (Phi) is 11.9. The lowest BCUT2D eigenvalue weighted by molar-refractivity contribution is 0.472. The normalized spacial score (nSPS) is 15.2. The van der Waals surface area contributed by atoms with E-state index in [-0.39, 0.29) is 24.0 Å². The first-order valence-electron chi connectivity index (χ1n) is 9.77. The molecule has 6 heteroatoms. The summed E-state index contributed by atoms with van der Waals surface area (Å²) < 4.78 is 1.86. The van der Waals surface area contributed by atoms with Gasteiger partial charge in [-0.2, -0.15) is 5.10 Å². The maximum Gasteiger partial charge on any atom is 0.191 e. The second-order valence-corrected chi connectivity index (χ2v) is 6.96. The van der Waals surface area contributed by atoms with Gasteiger partial charge in [0.1, 0.15) is 0 Å². The van der Waals surface area contributed by atoms with Gasteiger partial charge in [0.05, 0.1) is 6.20 Å². The summed E-state index contributed by atoms with van der Waals surface area (Å²) in [5.41, 5.74) is 1.29. The highest BCUT2D eigenvalue weighted by Gasteiger charge is 2.13. The van der Waals surface area contributed by atoms with Gasteiger partial charge in [-0.25, -0.2) is 0 Å². The number of aliphatic imine (C=N–C) groups is 1. The predicted octanol–water partition coefficient (Wildman–Crippen LogP) is 3.89. The van der Waals surface area contributed by atoms with Gasteiger partial charge in [-0.3, -0.25) is 9.67 Å². The number of hydrogen-bond donors (Lipinski definition) is 2. The lowest BCUT2D eigenvalue weighted by Crippen LogP contribution is -2.37. The summed E-state index contributed by atoms with van der Waals surface area (Å²) in [6.07, 6.45) is 16.0. The van der Waals surface area contributed by atoms with Crippen LogP contribution in [-0.4, -0.2) is 35.4 Å². The number of halogens is 1. The molecule has 1 aromatic rings. The van der Waals surface area contributed by atoms with Crippen LogP contribution in [0.1, 0.15) is 63.9 Å². The van der Waals surface area contributed by atoms with Gasteiger partial charge in [-0.15, -0.1) is 24.0 Å². The summed E-state index contributed by atoms with van der Waals surface area (Å²) in [5.74, 6) is 1.98. The summed E-state index contributed by atoms with van der Waals surface area (Å²) in [6.45, 7) is 4.91. The first kappa shape index (κ1) is 22.3. The van der Waals surface area contributed by atoms with Crippen molar-refractivity contribution in [3.8, 4) is 0 Å². The molecule has 1 aliphatic rings. The van der Waals surface area contributed by atoms with Crippen molar-refractivity contribution in [2.45, 2.75) is 64.7 Å². The number of aromatic nitrogens is 2. The molecule has 0 aliphatic heterocycles. The van der Waals surface area contributed by atoms with Crippen LogP contribution in [0, 0.1) is 5.92 Å². The van der Waals surface area contributed by atoms with E-state index < -0.39 is 0 Å². The third kappa shape index (κ3) is 9.47. The fourth-order valence-corrected chi connectivity index (χ4v) is 3.48. The number of nitrogens with one attached hydrogen (secondary N) is 2. The molecule has 0 spiro atoms. The third-order valence-electron chi connectivity index (χ3n) is 4.80. The van der Waals surface area contributed by atoms with Crippen LogP contribution in [0.2, 0.25) is 0 Å². The second-order valence-electron chi connectivity index (χ2n) is 6.96. The van der Waals surface area contributed by atoms with Crippen LogP contribution in [-0.2, 0) is 13.5 Å². The Hall–Kier alpha value is -0.790. The minimum absolute atomic E-state index is 0. The number of nitrogens with zero attached hydrogens (tertiary/aromatic N) is 3. The average molecular weight is 461 g/mol. The highest BCUT2D eigenvalue weighted by Crippen LogP contribution is 2.28. The van der Waals surface area contributed by atoms with E-state index in [1.165, 1.54) is 50.5 Å². The highest BCUT2D eigenvalue weighted by atomic mass is 127. The van der Waals surface area contributed by atoms with Crippen LogP contribution in [0.3, 0.4) is 0 Å². The van der Waals surface area contributed by atoms with E-state index in [1.54, 1.807) is 0 Å². The van der Waals surface area contributed by atoms with E-state index in [1.807, 2.05) is 17.9 Å². The fourth-order valence-electron chi connectivity index (χ4n) is 3.48. The lowest BCUT2D eigenvalue weighted by Gasteiger charge is -2.12. The van der Waals surface area contributed by atoms with Gasteiger partial charge in [-0.1, -0.05) is 38.5 Å². The molecule has 1 heterocycles. The van der Waals surface area contributed by atoms with Crippen LogP contribution in [0.5, 0.6) is 0 Å². The third-order valence-corrected chi connectivity index (χ3v) is 4.80. The van der Waals surface area contributed by atoms with Crippen molar-refractivity contribution in [2.24, 2.45) is 18.0 Å². The van der Waals surface area contributed by atoms with Crippen molar-refractivity contribution in [3.05, 3.63) is 18.0 Å². The van der Waals surface area contributed by atoms with Gasteiger partial charge in [0.25, 0.3) is 0 Å². The minimum atomic E-state index is 0. The molecule has 144 valence electrons. The van der Waals surface area contributed by atoms with Crippen molar-refractivity contribution < 1.29 is 0 Å². The van der Waals surface area contributed by atoms with Crippen molar-refractivity contribution >= 4 is 29.9 Å².